The van der Waals surface area contributed by atoms with Crippen LogP contribution in [0.15, 0.2) is 6.07 Å². The second-order valence-electron chi connectivity index (χ2n) is 7.41. The molecule has 1 amide bonds. The Kier molecular flexibility index (Phi) is 5.49. The first-order valence-corrected chi connectivity index (χ1v) is 9.61. The summed E-state index contributed by atoms with van der Waals surface area (Å²) in [5.74, 6) is -0.648. The third kappa shape index (κ3) is 3.69. The van der Waals surface area contributed by atoms with Gasteiger partial charge in [0.1, 0.15) is 6.04 Å². The highest BCUT2D eigenvalue weighted by Gasteiger charge is 2.35. The first-order chi connectivity index (χ1) is 12.4. The van der Waals surface area contributed by atoms with E-state index in [1.165, 1.54) is 0 Å². The van der Waals surface area contributed by atoms with Crippen LogP contribution in [0.4, 0.5) is 0 Å². The van der Waals surface area contributed by atoms with Gasteiger partial charge in [-0.15, -0.1) is 0 Å². The molecule has 1 unspecified atom stereocenters. The van der Waals surface area contributed by atoms with Gasteiger partial charge in [-0.25, -0.2) is 4.79 Å². The van der Waals surface area contributed by atoms with Gasteiger partial charge in [0, 0.05) is 36.0 Å². The molecule has 1 saturated heterocycles. The van der Waals surface area contributed by atoms with Gasteiger partial charge in [0.05, 0.1) is 0 Å². The van der Waals surface area contributed by atoms with Crippen LogP contribution >= 0.6 is 0 Å². The van der Waals surface area contributed by atoms with Gasteiger partial charge in [0.15, 0.2) is 6.61 Å². The number of rotatable bonds is 7. The van der Waals surface area contributed by atoms with E-state index in [0.717, 1.165) is 37.1 Å². The fraction of sp³-hybridized carbons (Fsp3) is 0.650. The summed E-state index contributed by atoms with van der Waals surface area (Å²) in [5.41, 5.74) is 2.66. The van der Waals surface area contributed by atoms with Crippen molar-refractivity contribution in [1.82, 2.24) is 9.47 Å². The Balaban J connectivity index is 1.60. The molecule has 1 aliphatic heterocycles. The van der Waals surface area contributed by atoms with Gasteiger partial charge in [0.25, 0.3) is 0 Å². The third-order valence-electron chi connectivity index (χ3n) is 5.35. The molecule has 1 atom stereocenters. The summed E-state index contributed by atoms with van der Waals surface area (Å²) in [5, 5.41) is 0. The lowest BCUT2D eigenvalue weighted by molar-refractivity contribution is -0.152. The van der Waals surface area contributed by atoms with Crippen LogP contribution in [0.1, 0.15) is 73.2 Å². The monoisotopic (exact) mass is 360 g/mol. The number of carbonyl (C=O) groups excluding carboxylic acids is 3. The number of hydrogen-bond acceptors (Lipinski definition) is 4. The van der Waals surface area contributed by atoms with Gasteiger partial charge >= 0.3 is 5.97 Å². The Hall–Kier alpha value is -2.11. The summed E-state index contributed by atoms with van der Waals surface area (Å²) in [6, 6.07) is 1.85. The summed E-state index contributed by atoms with van der Waals surface area (Å²) >= 11 is 0. The smallest absolute Gasteiger partial charge is 0.329 e. The molecule has 2 fully saturated rings. The summed E-state index contributed by atoms with van der Waals surface area (Å²) in [4.78, 5) is 38.7. The van der Waals surface area contributed by atoms with E-state index < -0.39 is 12.0 Å². The Labute approximate surface area is 154 Å². The van der Waals surface area contributed by atoms with E-state index in [-0.39, 0.29) is 18.3 Å². The quantitative estimate of drug-likeness (QED) is 0.554. The number of likely N-dealkylation sites (tertiary alicyclic amines) is 1. The van der Waals surface area contributed by atoms with Gasteiger partial charge in [-0.05, 0) is 52.0 Å². The highest BCUT2D eigenvalue weighted by atomic mass is 16.5. The maximum atomic E-state index is 12.5. The van der Waals surface area contributed by atoms with E-state index in [1.54, 1.807) is 4.90 Å². The van der Waals surface area contributed by atoms with E-state index in [2.05, 4.69) is 4.57 Å². The van der Waals surface area contributed by atoms with Crippen LogP contribution in [0.25, 0.3) is 0 Å². The molecule has 6 heteroatoms. The van der Waals surface area contributed by atoms with Crippen molar-refractivity contribution in [2.45, 2.75) is 71.4 Å². The summed E-state index contributed by atoms with van der Waals surface area (Å²) in [6.45, 7) is 6.22. The number of aryl methyl sites for hydroxylation is 1. The first kappa shape index (κ1) is 18.7. The number of amides is 1. The third-order valence-corrected chi connectivity index (χ3v) is 5.35. The fourth-order valence-corrected chi connectivity index (χ4v) is 3.93. The number of aromatic nitrogens is 1. The average Bonchev–Trinajstić information content (AvgIpc) is 3.22. The van der Waals surface area contributed by atoms with Gasteiger partial charge in [0.2, 0.25) is 11.7 Å². The number of esters is 1. The zero-order valence-corrected chi connectivity index (χ0v) is 15.9. The number of ether oxygens (including phenoxy) is 1. The Bertz CT molecular complexity index is 718. The van der Waals surface area contributed by atoms with Gasteiger partial charge in [-0.2, -0.15) is 0 Å². The molecule has 1 aliphatic carbocycles. The molecule has 1 aromatic rings. The van der Waals surface area contributed by atoms with E-state index in [0.29, 0.717) is 31.0 Å². The van der Waals surface area contributed by atoms with Crippen molar-refractivity contribution < 1.29 is 19.1 Å². The van der Waals surface area contributed by atoms with Crippen molar-refractivity contribution in [3.05, 3.63) is 23.0 Å². The van der Waals surface area contributed by atoms with E-state index in [9.17, 15) is 14.4 Å². The number of ketones is 1. The normalized spacial score (nSPS) is 19.7. The molecule has 142 valence electrons. The van der Waals surface area contributed by atoms with Gasteiger partial charge in [-0.3, -0.25) is 9.59 Å². The molecule has 6 nitrogen and oxygen atoms in total. The number of Topliss-reactive ketones (excluding diaryl/α,β-unsaturated/α-hetero) is 1. The highest BCUT2D eigenvalue weighted by Crippen LogP contribution is 2.38. The minimum Gasteiger partial charge on any atom is -0.456 e. The predicted molar refractivity (Wildman–Crippen MR) is 97.1 cm³/mol. The Morgan fingerprint density at radius 2 is 1.92 bits per heavy atom. The predicted octanol–water partition coefficient (Wildman–Crippen LogP) is 2.96. The molecule has 3 rings (SSSR count). The Morgan fingerprint density at radius 3 is 2.58 bits per heavy atom. The zero-order chi connectivity index (χ0) is 18.8. The topological polar surface area (TPSA) is 68.6 Å². The van der Waals surface area contributed by atoms with Crippen LogP contribution in [0.2, 0.25) is 0 Å². The minimum absolute atomic E-state index is 0.00810. The summed E-state index contributed by atoms with van der Waals surface area (Å²) in [7, 11) is 0. The number of carbonyl (C=O) groups is 3. The average molecular weight is 360 g/mol. The molecular formula is C20H28N2O4. The lowest BCUT2D eigenvalue weighted by Crippen LogP contribution is -2.41. The van der Waals surface area contributed by atoms with Gasteiger partial charge < -0.3 is 14.2 Å². The largest absolute Gasteiger partial charge is 0.456 e. The van der Waals surface area contributed by atoms with Crippen LogP contribution in [0.5, 0.6) is 0 Å². The van der Waals surface area contributed by atoms with Crippen molar-refractivity contribution in [1.29, 1.82) is 0 Å². The van der Waals surface area contributed by atoms with E-state index in [4.69, 9.17) is 4.74 Å². The van der Waals surface area contributed by atoms with Crippen LogP contribution in [-0.4, -0.2) is 46.3 Å². The lowest BCUT2D eigenvalue weighted by Gasteiger charge is -2.23. The van der Waals surface area contributed by atoms with Crippen molar-refractivity contribution in [2.24, 2.45) is 0 Å². The molecule has 26 heavy (non-hydrogen) atoms. The molecule has 0 aromatic carbocycles. The van der Waals surface area contributed by atoms with Crippen molar-refractivity contribution in [3.8, 4) is 0 Å². The lowest BCUT2D eigenvalue weighted by atomic mass is 10.1. The fourth-order valence-electron chi connectivity index (χ4n) is 3.93. The SMILES string of the molecule is CCCC(=O)N1CCCC1C(=O)OCC(=O)c1cc(C)n(C2CC2)c1C. The molecule has 0 N–H and O–H groups in total. The molecule has 0 spiro atoms. The van der Waals surface area contributed by atoms with E-state index in [1.807, 2.05) is 26.8 Å². The molecule has 2 heterocycles. The molecular weight excluding hydrogens is 332 g/mol. The zero-order valence-electron chi connectivity index (χ0n) is 15.9. The van der Waals surface area contributed by atoms with Crippen molar-refractivity contribution in [3.63, 3.8) is 0 Å². The van der Waals surface area contributed by atoms with Crippen molar-refractivity contribution >= 4 is 17.7 Å². The summed E-state index contributed by atoms with van der Waals surface area (Å²) in [6.07, 6.45) is 4.91. The molecule has 1 aromatic heterocycles. The molecule has 0 bridgehead atoms. The van der Waals surface area contributed by atoms with Crippen LogP contribution in [-0.2, 0) is 14.3 Å². The summed E-state index contributed by atoms with van der Waals surface area (Å²) < 4.78 is 7.49. The maximum Gasteiger partial charge on any atom is 0.329 e. The standard InChI is InChI=1S/C20H28N2O4/c1-4-6-19(24)21-10-5-7-17(21)20(25)26-12-18(23)16-11-13(2)22(14(16)3)15-8-9-15/h11,15,17H,4-10,12H2,1-3H3. The first-order valence-electron chi connectivity index (χ1n) is 9.61. The van der Waals surface area contributed by atoms with Gasteiger partial charge in [-0.1, -0.05) is 6.92 Å². The minimum atomic E-state index is -0.541. The number of nitrogens with zero attached hydrogens (tertiary/aromatic N) is 2. The molecule has 0 radical (unpaired) electrons. The molecule has 1 saturated carbocycles. The number of hydrogen-bond donors (Lipinski definition) is 0. The van der Waals surface area contributed by atoms with E-state index >= 15 is 0 Å². The van der Waals surface area contributed by atoms with Crippen LogP contribution in [0.3, 0.4) is 0 Å². The molecule has 2 aliphatic rings. The van der Waals surface area contributed by atoms with Crippen LogP contribution in [0, 0.1) is 13.8 Å². The van der Waals surface area contributed by atoms with Crippen molar-refractivity contribution in [2.75, 3.05) is 13.2 Å². The second-order valence-corrected chi connectivity index (χ2v) is 7.41. The Morgan fingerprint density at radius 1 is 1.19 bits per heavy atom. The van der Waals surface area contributed by atoms with Crippen LogP contribution < -0.4 is 0 Å². The maximum absolute atomic E-state index is 12.5. The second kappa shape index (κ2) is 7.64. The highest BCUT2D eigenvalue weighted by molar-refractivity contribution is 5.99.